The van der Waals surface area contributed by atoms with Gasteiger partial charge < -0.3 is 5.11 Å². The summed E-state index contributed by atoms with van der Waals surface area (Å²) in [6.45, 7) is 0. The lowest BCUT2D eigenvalue weighted by Crippen LogP contribution is -2.10. The molecule has 6 nitrogen and oxygen atoms in total. The minimum absolute atomic E-state index is 0.169. The smallest absolute Gasteiger partial charge is 0.304 e. The molecule has 0 aliphatic carbocycles. The van der Waals surface area contributed by atoms with E-state index in [1.807, 2.05) is 0 Å². The summed E-state index contributed by atoms with van der Waals surface area (Å²) in [5.41, 5.74) is 0.645. The van der Waals surface area contributed by atoms with Crippen LogP contribution in [0.3, 0.4) is 0 Å². The van der Waals surface area contributed by atoms with Crippen molar-refractivity contribution in [2.45, 2.75) is 12.3 Å². The number of carboxylic acids is 1. The van der Waals surface area contributed by atoms with Gasteiger partial charge in [0.05, 0.1) is 19.4 Å². The van der Waals surface area contributed by atoms with Gasteiger partial charge in [-0.05, 0) is 22.9 Å². The van der Waals surface area contributed by atoms with Crippen molar-refractivity contribution in [1.82, 2.24) is 20.2 Å². The van der Waals surface area contributed by atoms with Crippen LogP contribution in [0.1, 0.15) is 23.7 Å². The second-order valence-corrected chi connectivity index (χ2v) is 3.84. The molecule has 1 N–H and O–H groups in total. The molecule has 1 unspecified atom stereocenters. The van der Waals surface area contributed by atoms with E-state index in [0.29, 0.717) is 11.4 Å². The Labute approximate surface area is 102 Å². The number of tetrazole rings is 1. The van der Waals surface area contributed by atoms with Crippen molar-refractivity contribution in [1.29, 1.82) is 0 Å². The molecular formula is C11H11FN4O2. The molecule has 2 aromatic rings. The van der Waals surface area contributed by atoms with Crippen LogP contribution in [0.2, 0.25) is 0 Å². The molecule has 94 valence electrons. The lowest BCUT2D eigenvalue weighted by Gasteiger charge is -2.10. The van der Waals surface area contributed by atoms with Crippen molar-refractivity contribution < 1.29 is 14.3 Å². The Morgan fingerprint density at radius 1 is 1.44 bits per heavy atom. The topological polar surface area (TPSA) is 80.9 Å². The van der Waals surface area contributed by atoms with Crippen LogP contribution >= 0.6 is 0 Å². The number of benzene rings is 1. The Morgan fingerprint density at radius 2 is 2.11 bits per heavy atom. The first kappa shape index (κ1) is 12.2. The Balaban J connectivity index is 2.36. The van der Waals surface area contributed by atoms with Gasteiger partial charge in [0.2, 0.25) is 0 Å². The summed E-state index contributed by atoms with van der Waals surface area (Å²) in [6, 6.07) is 5.61. The van der Waals surface area contributed by atoms with E-state index < -0.39 is 11.9 Å². The highest BCUT2D eigenvalue weighted by Crippen LogP contribution is 2.25. The summed E-state index contributed by atoms with van der Waals surface area (Å²) in [4.78, 5) is 12.1. The van der Waals surface area contributed by atoms with Crippen molar-refractivity contribution in [2.75, 3.05) is 0 Å². The van der Waals surface area contributed by atoms with Gasteiger partial charge in [-0.3, -0.25) is 4.79 Å². The van der Waals surface area contributed by atoms with Crippen LogP contribution in [0.25, 0.3) is 0 Å². The van der Waals surface area contributed by atoms with Crippen molar-refractivity contribution in [3.63, 3.8) is 0 Å². The van der Waals surface area contributed by atoms with Gasteiger partial charge in [-0.1, -0.05) is 12.1 Å². The number of halogens is 1. The molecule has 0 radical (unpaired) electrons. The monoisotopic (exact) mass is 250 g/mol. The first-order chi connectivity index (χ1) is 8.56. The fourth-order valence-corrected chi connectivity index (χ4v) is 1.67. The minimum atomic E-state index is -0.975. The number of aliphatic carboxylic acids is 1. The van der Waals surface area contributed by atoms with E-state index in [1.54, 1.807) is 7.05 Å². The zero-order valence-electron chi connectivity index (χ0n) is 9.62. The van der Waals surface area contributed by atoms with E-state index in [9.17, 15) is 9.18 Å². The molecule has 0 amide bonds. The standard InChI is InChI=1S/C11H11FN4O2/c1-16-14-11(13-15-16)9(6-10(17)18)7-2-4-8(12)5-3-7/h2-5,9H,6H2,1H3,(H,17,18). The first-order valence-corrected chi connectivity index (χ1v) is 5.27. The number of nitrogens with zero attached hydrogens (tertiary/aromatic N) is 4. The molecule has 0 bridgehead atoms. The van der Waals surface area contributed by atoms with Crippen molar-refractivity contribution in [3.05, 3.63) is 41.5 Å². The fourth-order valence-electron chi connectivity index (χ4n) is 1.67. The van der Waals surface area contributed by atoms with Gasteiger partial charge in [0.25, 0.3) is 0 Å². The zero-order valence-corrected chi connectivity index (χ0v) is 9.62. The van der Waals surface area contributed by atoms with Crippen LogP contribution in [-0.2, 0) is 11.8 Å². The van der Waals surface area contributed by atoms with Gasteiger partial charge in [0.1, 0.15) is 5.82 Å². The number of hydrogen-bond acceptors (Lipinski definition) is 4. The van der Waals surface area contributed by atoms with Gasteiger partial charge >= 0.3 is 5.97 Å². The number of hydrogen-bond donors (Lipinski definition) is 1. The first-order valence-electron chi connectivity index (χ1n) is 5.27. The van der Waals surface area contributed by atoms with Crippen LogP contribution < -0.4 is 0 Å². The van der Waals surface area contributed by atoms with Crippen molar-refractivity contribution in [2.24, 2.45) is 7.05 Å². The summed E-state index contributed by atoms with van der Waals surface area (Å²) in [7, 11) is 1.60. The van der Waals surface area contributed by atoms with Crippen LogP contribution in [-0.4, -0.2) is 31.3 Å². The lowest BCUT2D eigenvalue weighted by molar-refractivity contribution is -0.137. The van der Waals surface area contributed by atoms with Crippen LogP contribution in [0, 0.1) is 5.82 Å². The zero-order chi connectivity index (χ0) is 13.1. The third-order valence-corrected chi connectivity index (χ3v) is 2.49. The predicted octanol–water partition coefficient (Wildman–Crippen LogP) is 0.956. The summed E-state index contributed by atoms with van der Waals surface area (Å²) in [5, 5.41) is 20.4. The van der Waals surface area contributed by atoms with Gasteiger partial charge in [0, 0.05) is 0 Å². The molecule has 0 aliphatic heterocycles. The van der Waals surface area contributed by atoms with Crippen LogP contribution in [0.15, 0.2) is 24.3 Å². The molecule has 1 aromatic carbocycles. The molecule has 7 heteroatoms. The molecule has 18 heavy (non-hydrogen) atoms. The maximum Gasteiger partial charge on any atom is 0.304 e. The molecule has 1 atom stereocenters. The Kier molecular flexibility index (Phi) is 3.31. The number of carboxylic acid groups (broad SMARTS) is 1. The highest BCUT2D eigenvalue weighted by molar-refractivity contribution is 5.68. The number of carbonyl (C=O) groups is 1. The predicted molar refractivity (Wildman–Crippen MR) is 59.3 cm³/mol. The summed E-state index contributed by atoms with van der Waals surface area (Å²) in [6.07, 6.45) is -0.169. The van der Waals surface area contributed by atoms with Gasteiger partial charge in [0.15, 0.2) is 5.82 Å². The maximum atomic E-state index is 12.9. The molecule has 2 rings (SSSR count). The SMILES string of the molecule is Cn1nnc(C(CC(=O)O)c2ccc(F)cc2)n1. The summed E-state index contributed by atoms with van der Waals surface area (Å²) in [5.74, 6) is -1.57. The molecule has 0 fully saturated rings. The van der Waals surface area contributed by atoms with Crippen LogP contribution in [0.5, 0.6) is 0 Å². The minimum Gasteiger partial charge on any atom is -0.481 e. The molecule has 1 heterocycles. The van der Waals surface area contributed by atoms with Crippen LogP contribution in [0.4, 0.5) is 4.39 Å². The second kappa shape index (κ2) is 4.91. The number of rotatable bonds is 4. The molecular weight excluding hydrogens is 239 g/mol. The third-order valence-electron chi connectivity index (χ3n) is 2.49. The van der Waals surface area contributed by atoms with Gasteiger partial charge in [-0.25, -0.2) is 4.39 Å². The van der Waals surface area contributed by atoms with Gasteiger partial charge in [-0.15, -0.1) is 10.2 Å². The second-order valence-electron chi connectivity index (χ2n) is 3.84. The highest BCUT2D eigenvalue weighted by Gasteiger charge is 2.22. The maximum absolute atomic E-state index is 12.9. The summed E-state index contributed by atoms with van der Waals surface area (Å²) < 4.78 is 12.9. The van der Waals surface area contributed by atoms with E-state index in [-0.39, 0.29) is 12.2 Å². The fraction of sp³-hybridized carbons (Fsp3) is 0.273. The average Bonchev–Trinajstić information content (AvgIpc) is 2.74. The lowest BCUT2D eigenvalue weighted by atomic mass is 9.95. The average molecular weight is 250 g/mol. The van der Waals surface area contributed by atoms with Gasteiger partial charge in [-0.2, -0.15) is 4.80 Å². The molecule has 0 aliphatic rings. The van der Waals surface area contributed by atoms with Crippen molar-refractivity contribution >= 4 is 5.97 Å². The Morgan fingerprint density at radius 3 is 2.61 bits per heavy atom. The largest absolute Gasteiger partial charge is 0.481 e. The molecule has 1 aromatic heterocycles. The summed E-state index contributed by atoms with van der Waals surface area (Å²) >= 11 is 0. The van der Waals surface area contributed by atoms with Crippen molar-refractivity contribution in [3.8, 4) is 0 Å². The quantitative estimate of drug-likeness (QED) is 0.873. The van der Waals surface area contributed by atoms with E-state index in [4.69, 9.17) is 5.11 Å². The number of aromatic nitrogens is 4. The molecule has 0 spiro atoms. The number of aryl methyl sites for hydroxylation is 1. The molecule has 0 saturated heterocycles. The third kappa shape index (κ3) is 2.68. The Hall–Kier alpha value is -2.31. The Bertz CT molecular complexity index is 552. The van der Waals surface area contributed by atoms with E-state index in [1.165, 1.54) is 29.1 Å². The van der Waals surface area contributed by atoms with E-state index in [0.717, 1.165) is 0 Å². The molecule has 0 saturated carbocycles. The van der Waals surface area contributed by atoms with E-state index >= 15 is 0 Å². The van der Waals surface area contributed by atoms with E-state index in [2.05, 4.69) is 15.4 Å². The highest BCUT2D eigenvalue weighted by atomic mass is 19.1. The normalized spacial score (nSPS) is 12.3.